The van der Waals surface area contributed by atoms with Gasteiger partial charge in [-0.1, -0.05) is 48.5 Å². The van der Waals surface area contributed by atoms with E-state index in [0.29, 0.717) is 40.5 Å². The second kappa shape index (κ2) is 12.4. The Hall–Kier alpha value is -4.13. The van der Waals surface area contributed by atoms with Crippen molar-refractivity contribution in [3.63, 3.8) is 0 Å². The molecule has 1 heterocycles. The third kappa shape index (κ3) is 6.53. The van der Waals surface area contributed by atoms with Gasteiger partial charge in [-0.25, -0.2) is 4.72 Å². The van der Waals surface area contributed by atoms with Crippen LogP contribution in [0.2, 0.25) is 0 Å². The summed E-state index contributed by atoms with van der Waals surface area (Å²) in [5.41, 5.74) is 2.80. The van der Waals surface area contributed by atoms with Crippen LogP contribution in [0.15, 0.2) is 66.7 Å². The van der Waals surface area contributed by atoms with Crippen molar-refractivity contribution in [3.05, 3.63) is 89.0 Å². The van der Waals surface area contributed by atoms with Crippen LogP contribution in [0.25, 0.3) is 0 Å². The molecule has 0 radical (unpaired) electrons. The maximum absolute atomic E-state index is 12.8. The first-order chi connectivity index (χ1) is 19.1. The van der Waals surface area contributed by atoms with E-state index in [1.54, 1.807) is 43.3 Å². The van der Waals surface area contributed by atoms with Crippen molar-refractivity contribution in [1.29, 1.82) is 0 Å². The molecule has 12 heteroatoms. The maximum Gasteiger partial charge on any atom is 0.321 e. The summed E-state index contributed by atoms with van der Waals surface area (Å²) in [5, 5.41) is 12.6. The lowest BCUT2D eigenvalue weighted by molar-refractivity contribution is -0.140. The van der Waals surface area contributed by atoms with E-state index in [1.807, 2.05) is 35.1 Å². The monoisotopic (exact) mass is 569 g/mol. The van der Waals surface area contributed by atoms with Crippen molar-refractivity contribution >= 4 is 22.1 Å². The van der Waals surface area contributed by atoms with Crippen LogP contribution in [-0.4, -0.2) is 56.1 Å². The van der Waals surface area contributed by atoms with Crippen LogP contribution < -0.4 is 24.2 Å². The van der Waals surface area contributed by atoms with Gasteiger partial charge in [0.2, 0.25) is 0 Å². The zero-order chi connectivity index (χ0) is 28.9. The third-order valence-corrected chi connectivity index (χ3v) is 7.95. The molecule has 1 fully saturated rings. The average molecular weight is 570 g/mol. The van der Waals surface area contributed by atoms with E-state index >= 15 is 0 Å². The van der Waals surface area contributed by atoms with Gasteiger partial charge in [0.05, 0.1) is 14.2 Å². The first-order valence-corrected chi connectivity index (χ1v) is 13.9. The van der Waals surface area contributed by atoms with E-state index < -0.39 is 34.3 Å². The Labute approximate surface area is 232 Å². The van der Waals surface area contributed by atoms with E-state index in [4.69, 9.17) is 14.2 Å². The number of carbonyl (C=O) groups is 2. The zero-order valence-corrected chi connectivity index (χ0v) is 23.1. The van der Waals surface area contributed by atoms with E-state index in [2.05, 4.69) is 5.32 Å². The molecule has 0 aliphatic carbocycles. The summed E-state index contributed by atoms with van der Waals surface area (Å²) in [4.78, 5) is 24.8. The van der Waals surface area contributed by atoms with Gasteiger partial charge in [0.15, 0.2) is 6.17 Å². The predicted octanol–water partition coefficient (Wildman–Crippen LogP) is 2.38. The minimum absolute atomic E-state index is 0.00304. The van der Waals surface area contributed by atoms with Crippen molar-refractivity contribution in [2.24, 2.45) is 0 Å². The van der Waals surface area contributed by atoms with E-state index in [-0.39, 0.29) is 13.0 Å². The Balaban J connectivity index is 1.49. The average Bonchev–Trinajstić information content (AvgIpc) is 3.15. The summed E-state index contributed by atoms with van der Waals surface area (Å²) in [6, 6.07) is 18.6. The quantitative estimate of drug-likeness (QED) is 0.300. The first-order valence-electron chi connectivity index (χ1n) is 12.4. The number of nitrogens with zero attached hydrogens (tertiary/aromatic N) is 1. The molecule has 1 saturated heterocycles. The molecule has 3 aromatic rings. The molecule has 212 valence electrons. The van der Waals surface area contributed by atoms with Crippen molar-refractivity contribution < 1.29 is 37.3 Å². The van der Waals surface area contributed by atoms with Gasteiger partial charge in [-0.05, 0) is 42.7 Å². The molecule has 0 unspecified atom stereocenters. The number of hydrogen-bond acceptors (Lipinski definition) is 8. The molecular formula is C28H31N3O8S. The molecule has 0 aromatic heterocycles. The van der Waals surface area contributed by atoms with Gasteiger partial charge < -0.3 is 19.3 Å². The highest BCUT2D eigenvalue weighted by Gasteiger charge is 2.45. The molecule has 1 aliphatic heterocycles. The molecule has 3 N–H and O–H groups in total. The van der Waals surface area contributed by atoms with Gasteiger partial charge in [0.1, 0.15) is 29.9 Å². The SMILES string of the molecule is COc1ccc(CN2[C@@H](N[C@@H](Cc3ccc(OCc4ccccc4)cc3)C(=O)O)C(=O)NS2(=O)=O)c(OC)c1C. The molecule has 1 amide bonds. The number of carboxylic acids is 1. The fraction of sp³-hybridized carbons (Fsp3) is 0.286. The number of nitrogens with one attached hydrogen (secondary N) is 2. The molecule has 40 heavy (non-hydrogen) atoms. The van der Waals surface area contributed by atoms with Crippen LogP contribution in [0.5, 0.6) is 17.2 Å². The van der Waals surface area contributed by atoms with Gasteiger partial charge in [-0.3, -0.25) is 14.9 Å². The minimum atomic E-state index is -4.24. The topological polar surface area (TPSA) is 143 Å². The Morgan fingerprint density at radius 2 is 1.73 bits per heavy atom. The minimum Gasteiger partial charge on any atom is -0.496 e. The molecule has 1 aliphatic rings. The molecule has 11 nitrogen and oxygen atoms in total. The van der Waals surface area contributed by atoms with E-state index in [1.165, 1.54) is 14.2 Å². The van der Waals surface area contributed by atoms with Gasteiger partial charge >= 0.3 is 16.2 Å². The molecular weight excluding hydrogens is 538 g/mol. The maximum atomic E-state index is 12.8. The number of rotatable bonds is 12. The number of carboxylic acid groups (broad SMARTS) is 1. The summed E-state index contributed by atoms with van der Waals surface area (Å²) in [6.45, 7) is 1.91. The van der Waals surface area contributed by atoms with Crippen LogP contribution in [0.3, 0.4) is 0 Å². The normalized spacial score (nSPS) is 17.2. The van der Waals surface area contributed by atoms with E-state index in [9.17, 15) is 23.1 Å². The number of ether oxygens (including phenoxy) is 3. The van der Waals surface area contributed by atoms with Crippen molar-refractivity contribution in [1.82, 2.24) is 14.3 Å². The molecule has 0 spiro atoms. The Morgan fingerprint density at radius 3 is 2.35 bits per heavy atom. The Kier molecular flexibility index (Phi) is 8.93. The van der Waals surface area contributed by atoms with Crippen molar-refractivity contribution in [3.8, 4) is 17.2 Å². The van der Waals surface area contributed by atoms with E-state index in [0.717, 1.165) is 9.87 Å². The van der Waals surface area contributed by atoms with Crippen molar-refractivity contribution in [2.75, 3.05) is 14.2 Å². The standard InChI is InChI=1S/C28H31N3O8S/c1-18-24(37-2)14-11-21(25(18)38-3)16-31-26(27(32)30-40(31,35)36)29-23(28(33)34)15-19-9-12-22(13-10-19)39-17-20-7-5-4-6-8-20/h4-14,23,26,29H,15-17H2,1-3H3,(H,30,32)(H,33,34)/t23-,26+/m0/s1. The predicted molar refractivity (Wildman–Crippen MR) is 146 cm³/mol. The second-order valence-corrected chi connectivity index (χ2v) is 10.8. The lowest BCUT2D eigenvalue weighted by atomic mass is 10.1. The highest BCUT2D eigenvalue weighted by molar-refractivity contribution is 7.88. The zero-order valence-electron chi connectivity index (χ0n) is 22.3. The summed E-state index contributed by atoms with van der Waals surface area (Å²) in [7, 11) is -1.29. The number of benzene rings is 3. The molecule has 4 rings (SSSR count). The van der Waals surface area contributed by atoms with Crippen LogP contribution >= 0.6 is 0 Å². The fourth-order valence-electron chi connectivity index (χ4n) is 4.48. The van der Waals surface area contributed by atoms with Gasteiger partial charge in [-0.15, -0.1) is 0 Å². The second-order valence-electron chi connectivity index (χ2n) is 9.18. The van der Waals surface area contributed by atoms with Crippen LogP contribution in [0.4, 0.5) is 0 Å². The number of aliphatic carboxylic acids is 1. The number of hydrogen-bond donors (Lipinski definition) is 3. The van der Waals surface area contributed by atoms with Gasteiger partial charge in [0, 0.05) is 17.7 Å². The van der Waals surface area contributed by atoms with Gasteiger partial charge in [-0.2, -0.15) is 12.7 Å². The lowest BCUT2D eigenvalue weighted by Crippen LogP contribution is -2.53. The van der Waals surface area contributed by atoms with Crippen LogP contribution in [-0.2, 0) is 39.4 Å². The Bertz CT molecular complexity index is 1460. The molecule has 3 aromatic carbocycles. The molecule has 0 saturated carbocycles. The molecule has 2 atom stereocenters. The summed E-state index contributed by atoms with van der Waals surface area (Å²) < 4.78 is 45.1. The highest BCUT2D eigenvalue weighted by Crippen LogP contribution is 2.33. The van der Waals surface area contributed by atoms with Gasteiger partial charge in [0.25, 0.3) is 5.91 Å². The lowest BCUT2D eigenvalue weighted by Gasteiger charge is -2.25. The third-order valence-electron chi connectivity index (χ3n) is 6.53. The summed E-state index contributed by atoms with van der Waals surface area (Å²) >= 11 is 0. The smallest absolute Gasteiger partial charge is 0.321 e. The summed E-state index contributed by atoms with van der Waals surface area (Å²) in [5.74, 6) is -0.545. The van der Waals surface area contributed by atoms with Crippen molar-refractivity contribution in [2.45, 2.75) is 38.7 Å². The fourth-order valence-corrected chi connectivity index (χ4v) is 5.71. The van der Waals surface area contributed by atoms with Crippen LogP contribution in [0, 0.1) is 6.92 Å². The number of amides is 1. The number of carbonyl (C=O) groups excluding carboxylic acids is 1. The highest BCUT2D eigenvalue weighted by atomic mass is 32.2. The van der Waals surface area contributed by atoms with Crippen LogP contribution in [0.1, 0.15) is 22.3 Å². The number of methoxy groups -OCH3 is 2. The largest absolute Gasteiger partial charge is 0.496 e. The molecule has 0 bridgehead atoms. The Morgan fingerprint density at radius 1 is 1.02 bits per heavy atom. The summed E-state index contributed by atoms with van der Waals surface area (Å²) in [6.07, 6.45) is -1.46. The first kappa shape index (κ1) is 28.9.